The summed E-state index contributed by atoms with van der Waals surface area (Å²) in [7, 11) is 0. The van der Waals surface area contributed by atoms with Gasteiger partial charge >= 0.3 is 0 Å². The zero-order chi connectivity index (χ0) is 20.5. The van der Waals surface area contributed by atoms with Crippen molar-refractivity contribution >= 4 is 23.0 Å². The predicted molar refractivity (Wildman–Crippen MR) is 121 cm³/mol. The van der Waals surface area contributed by atoms with E-state index in [0.29, 0.717) is 5.95 Å². The number of nitrogens with zero attached hydrogens (tertiary/aromatic N) is 3. The summed E-state index contributed by atoms with van der Waals surface area (Å²) in [5, 5.41) is 6.99. The first-order chi connectivity index (χ1) is 14.7. The smallest absolute Gasteiger partial charge is 0.227 e. The van der Waals surface area contributed by atoms with Crippen molar-refractivity contribution in [2.24, 2.45) is 0 Å². The van der Waals surface area contributed by atoms with E-state index < -0.39 is 0 Å². The van der Waals surface area contributed by atoms with Crippen LogP contribution >= 0.6 is 0 Å². The van der Waals surface area contributed by atoms with Crippen LogP contribution in [0.1, 0.15) is 28.4 Å². The highest BCUT2D eigenvalue weighted by molar-refractivity contribution is 5.64. The second-order valence-corrected chi connectivity index (χ2v) is 8.04. The van der Waals surface area contributed by atoms with Gasteiger partial charge in [-0.05, 0) is 48.7 Å². The highest BCUT2D eigenvalue weighted by Gasteiger charge is 2.26. The van der Waals surface area contributed by atoms with Crippen LogP contribution in [0.25, 0.3) is 0 Å². The lowest BCUT2D eigenvalue weighted by molar-refractivity contribution is 0.122. The van der Waals surface area contributed by atoms with E-state index in [4.69, 9.17) is 9.72 Å². The van der Waals surface area contributed by atoms with Gasteiger partial charge in [-0.3, -0.25) is 0 Å². The quantitative estimate of drug-likeness (QED) is 0.676. The topological polar surface area (TPSA) is 62.3 Å². The molecular formula is C24H27N5O. The molecule has 3 aromatic rings. The average Bonchev–Trinajstić information content (AvgIpc) is 3.17. The molecule has 1 fully saturated rings. The summed E-state index contributed by atoms with van der Waals surface area (Å²) in [6, 6.07) is 15.1. The Kier molecular flexibility index (Phi) is 5.01. The van der Waals surface area contributed by atoms with Gasteiger partial charge in [0.25, 0.3) is 0 Å². The molecule has 0 saturated carbocycles. The van der Waals surface area contributed by atoms with Crippen molar-refractivity contribution in [1.82, 2.24) is 9.97 Å². The lowest BCUT2D eigenvalue weighted by atomic mass is 9.95. The fraction of sp³-hybridized carbons (Fsp3) is 0.333. The number of benzene rings is 2. The lowest BCUT2D eigenvalue weighted by Crippen LogP contribution is -2.36. The summed E-state index contributed by atoms with van der Waals surface area (Å²) < 4.78 is 5.46. The maximum atomic E-state index is 5.46. The molecule has 1 atom stereocenters. The van der Waals surface area contributed by atoms with Gasteiger partial charge in [0, 0.05) is 30.9 Å². The maximum Gasteiger partial charge on any atom is 0.227 e. The van der Waals surface area contributed by atoms with E-state index in [1.807, 2.05) is 6.20 Å². The molecule has 5 rings (SSSR count). The van der Waals surface area contributed by atoms with E-state index in [1.54, 1.807) is 0 Å². The van der Waals surface area contributed by atoms with Crippen LogP contribution in [0.3, 0.4) is 0 Å². The Bertz CT molecular complexity index is 1040. The monoisotopic (exact) mass is 401 g/mol. The largest absolute Gasteiger partial charge is 0.378 e. The molecule has 0 spiro atoms. The van der Waals surface area contributed by atoms with E-state index in [-0.39, 0.29) is 6.04 Å². The van der Waals surface area contributed by atoms with E-state index in [2.05, 4.69) is 76.8 Å². The maximum absolute atomic E-state index is 5.46. The molecule has 0 aliphatic carbocycles. The van der Waals surface area contributed by atoms with Gasteiger partial charge in [0.2, 0.25) is 5.95 Å². The van der Waals surface area contributed by atoms with Crippen molar-refractivity contribution in [2.45, 2.75) is 26.3 Å². The molecule has 6 heteroatoms. The zero-order valence-corrected chi connectivity index (χ0v) is 17.5. The van der Waals surface area contributed by atoms with Crippen LogP contribution in [-0.2, 0) is 11.2 Å². The summed E-state index contributed by atoms with van der Waals surface area (Å²) in [6.07, 6.45) is 2.76. The van der Waals surface area contributed by atoms with Gasteiger partial charge in [-0.15, -0.1) is 0 Å². The van der Waals surface area contributed by atoms with Gasteiger partial charge in [0.15, 0.2) is 0 Å². The number of hydrogen-bond acceptors (Lipinski definition) is 6. The molecule has 1 unspecified atom stereocenters. The fourth-order valence-electron chi connectivity index (χ4n) is 4.47. The third-order valence-corrected chi connectivity index (χ3v) is 5.96. The molecule has 1 aromatic heterocycles. The Hall–Kier alpha value is -3.12. The number of morpholine rings is 1. The van der Waals surface area contributed by atoms with Crippen LogP contribution in [-0.4, -0.2) is 36.3 Å². The van der Waals surface area contributed by atoms with Gasteiger partial charge in [0.1, 0.15) is 0 Å². The van der Waals surface area contributed by atoms with Gasteiger partial charge in [-0.2, -0.15) is 0 Å². The van der Waals surface area contributed by atoms with Gasteiger partial charge in [-0.1, -0.05) is 24.3 Å². The number of nitrogens with one attached hydrogen (secondary N) is 2. The first kappa shape index (κ1) is 18.9. The summed E-state index contributed by atoms with van der Waals surface area (Å²) in [4.78, 5) is 11.7. The Morgan fingerprint density at radius 1 is 1.07 bits per heavy atom. The van der Waals surface area contributed by atoms with Gasteiger partial charge in [0.05, 0.1) is 36.8 Å². The van der Waals surface area contributed by atoms with Crippen LogP contribution in [0.15, 0.2) is 48.7 Å². The van der Waals surface area contributed by atoms with Gasteiger partial charge in [-0.25, -0.2) is 9.97 Å². The number of fused-ring (bicyclic) bond motifs is 1. The highest BCUT2D eigenvalue weighted by Crippen LogP contribution is 2.36. The minimum atomic E-state index is 0.246. The highest BCUT2D eigenvalue weighted by atomic mass is 16.5. The molecule has 30 heavy (non-hydrogen) atoms. The fourth-order valence-corrected chi connectivity index (χ4v) is 4.47. The number of hydrogen-bond donors (Lipinski definition) is 2. The van der Waals surface area contributed by atoms with E-state index in [0.717, 1.165) is 49.8 Å². The van der Waals surface area contributed by atoms with Crippen molar-refractivity contribution in [3.05, 3.63) is 71.0 Å². The normalized spacial score (nSPS) is 18.1. The Morgan fingerprint density at radius 2 is 1.83 bits per heavy atom. The molecule has 6 nitrogen and oxygen atoms in total. The molecule has 3 heterocycles. The Labute approximate surface area is 177 Å². The SMILES string of the molecule is Cc1cccc(C)c1C1Cc2nc(Nc3cccc(N4CCOCC4)c3)ncc2N1. The minimum Gasteiger partial charge on any atom is -0.378 e. The van der Waals surface area contributed by atoms with Crippen LogP contribution < -0.4 is 15.5 Å². The first-order valence-electron chi connectivity index (χ1n) is 10.6. The van der Waals surface area contributed by atoms with Crippen LogP contribution in [0.2, 0.25) is 0 Å². The molecule has 2 aliphatic heterocycles. The number of rotatable bonds is 4. The van der Waals surface area contributed by atoms with Crippen molar-refractivity contribution < 1.29 is 4.74 Å². The van der Waals surface area contributed by atoms with Gasteiger partial charge < -0.3 is 20.3 Å². The van der Waals surface area contributed by atoms with E-state index in [9.17, 15) is 0 Å². The number of aryl methyl sites for hydroxylation is 2. The minimum absolute atomic E-state index is 0.246. The average molecular weight is 402 g/mol. The number of aromatic nitrogens is 2. The third kappa shape index (κ3) is 3.71. The van der Waals surface area contributed by atoms with Crippen LogP contribution in [0.5, 0.6) is 0 Å². The molecule has 154 valence electrons. The summed E-state index contributed by atoms with van der Waals surface area (Å²) in [5.74, 6) is 0.636. The summed E-state index contributed by atoms with van der Waals surface area (Å²) in [5.41, 5.74) is 8.26. The lowest BCUT2D eigenvalue weighted by Gasteiger charge is -2.29. The number of ether oxygens (including phenoxy) is 1. The van der Waals surface area contributed by atoms with Crippen molar-refractivity contribution in [2.75, 3.05) is 41.8 Å². The second-order valence-electron chi connectivity index (χ2n) is 8.04. The molecule has 0 amide bonds. The molecule has 2 aliphatic rings. The molecule has 0 bridgehead atoms. The molecule has 2 N–H and O–H groups in total. The third-order valence-electron chi connectivity index (χ3n) is 5.96. The van der Waals surface area contributed by atoms with E-state index >= 15 is 0 Å². The zero-order valence-electron chi connectivity index (χ0n) is 17.5. The molecule has 2 aromatic carbocycles. The predicted octanol–water partition coefficient (Wildman–Crippen LogP) is 4.38. The first-order valence-corrected chi connectivity index (χ1v) is 10.6. The number of anilines is 4. The Balaban J connectivity index is 1.33. The van der Waals surface area contributed by atoms with Crippen molar-refractivity contribution in [1.29, 1.82) is 0 Å². The molecule has 1 saturated heterocycles. The molecule has 0 radical (unpaired) electrons. The second kappa shape index (κ2) is 7.95. The standard InChI is InChI=1S/C24H27N5O/c1-16-5-3-6-17(2)23(16)21-14-20-22(27-21)15-25-24(28-20)26-18-7-4-8-19(13-18)29-9-11-30-12-10-29/h3-8,13,15,21,27H,9-12,14H2,1-2H3,(H,25,26,28). The molecular weight excluding hydrogens is 374 g/mol. The van der Waals surface area contributed by atoms with Crippen molar-refractivity contribution in [3.63, 3.8) is 0 Å². The summed E-state index contributed by atoms with van der Waals surface area (Å²) in [6.45, 7) is 7.74. The van der Waals surface area contributed by atoms with Crippen LogP contribution in [0.4, 0.5) is 23.0 Å². The van der Waals surface area contributed by atoms with Crippen molar-refractivity contribution in [3.8, 4) is 0 Å². The Morgan fingerprint density at radius 3 is 2.63 bits per heavy atom. The van der Waals surface area contributed by atoms with E-state index in [1.165, 1.54) is 22.4 Å². The summed E-state index contributed by atoms with van der Waals surface area (Å²) >= 11 is 0. The van der Waals surface area contributed by atoms with Crippen LogP contribution in [0, 0.1) is 13.8 Å².